The van der Waals surface area contributed by atoms with E-state index >= 15 is 0 Å². The van der Waals surface area contributed by atoms with Crippen LogP contribution >= 0.6 is 0 Å². The van der Waals surface area contributed by atoms with Crippen molar-refractivity contribution in [2.75, 3.05) is 33.9 Å². The quantitative estimate of drug-likeness (QED) is 0.0278. The van der Waals surface area contributed by atoms with Crippen LogP contribution in [0.3, 0.4) is 0 Å². The number of carbonyl (C=O) groups is 5. The third-order valence-corrected chi connectivity index (χ3v) is 10.5. The molecule has 0 aliphatic rings. The Balaban J connectivity index is 0.000000334. The molecule has 71 heavy (non-hydrogen) atoms. The Bertz CT molecular complexity index is 2740. The number of ketones is 1. The Morgan fingerprint density at radius 1 is 0.620 bits per heavy atom. The van der Waals surface area contributed by atoms with Gasteiger partial charge in [0.25, 0.3) is 0 Å². The minimum absolute atomic E-state index is 0.0538. The molecule has 0 unspecified atom stereocenters. The number of aromatic hydroxyl groups is 1. The van der Waals surface area contributed by atoms with E-state index in [9.17, 15) is 43.5 Å². The Hall–Kier alpha value is -7.82. The van der Waals surface area contributed by atoms with Crippen LogP contribution in [0.4, 0.5) is 0 Å². The predicted molar refractivity (Wildman–Crippen MR) is 269 cm³/mol. The predicted octanol–water partition coefficient (Wildman–Crippen LogP) is 8.07. The fourth-order valence-corrected chi connectivity index (χ4v) is 6.78. The monoisotopic (exact) mass is 981 g/mol. The summed E-state index contributed by atoms with van der Waals surface area (Å²) in [6.45, 7) is 16.3. The number of aromatic nitrogens is 2. The lowest BCUT2D eigenvalue weighted by Crippen LogP contribution is -2.23. The lowest BCUT2D eigenvalue weighted by molar-refractivity contribution is -0.140. The van der Waals surface area contributed by atoms with Crippen LogP contribution in [0.2, 0.25) is 0 Å². The number of hydrogen-bond donors (Lipinski definition) is 2. The number of aryl methyl sites for hydroxylation is 2. The van der Waals surface area contributed by atoms with Gasteiger partial charge in [-0.2, -0.15) is 0 Å². The molecule has 0 fully saturated rings. The molecule has 0 amide bonds. The lowest BCUT2D eigenvalue weighted by atomic mass is 9.96. The molecule has 0 spiro atoms. The maximum absolute atomic E-state index is 12.1. The second-order valence-electron chi connectivity index (χ2n) is 16.0. The highest BCUT2D eigenvalue weighted by Crippen LogP contribution is 2.23. The average molecular weight is 982 g/mol. The molecule has 0 radical (unpaired) electrons. The number of ether oxygens (including phenoxy) is 3. The van der Waals surface area contributed by atoms with Gasteiger partial charge in [-0.15, -0.1) is 0 Å². The van der Waals surface area contributed by atoms with Crippen molar-refractivity contribution >= 4 is 29.7 Å². The number of carbonyl (C=O) groups excluding carboxylic acids is 4. The number of nitrogens with zero attached hydrogens (tertiary/aromatic N) is 3. The summed E-state index contributed by atoms with van der Waals surface area (Å²) in [6.07, 6.45) is 12.0. The van der Waals surface area contributed by atoms with Crippen LogP contribution in [0.15, 0.2) is 129 Å². The largest absolute Gasteiger partial charge is 0.503 e. The fraction of sp³-hybridized carbons (Fsp3) is 0.370. The van der Waals surface area contributed by atoms with E-state index in [2.05, 4.69) is 23.8 Å². The fourth-order valence-electron chi connectivity index (χ4n) is 6.78. The van der Waals surface area contributed by atoms with E-state index < -0.39 is 40.6 Å². The first kappa shape index (κ1) is 59.3. The first-order chi connectivity index (χ1) is 33.8. The zero-order valence-corrected chi connectivity index (χ0v) is 42.3. The first-order valence-electron chi connectivity index (χ1n) is 23.2. The zero-order valence-electron chi connectivity index (χ0n) is 42.3. The van der Waals surface area contributed by atoms with Crippen molar-refractivity contribution in [2.45, 2.75) is 99.6 Å². The summed E-state index contributed by atoms with van der Waals surface area (Å²) in [5.74, 6) is -3.31. The minimum atomic E-state index is -1.34. The van der Waals surface area contributed by atoms with Gasteiger partial charge in [-0.1, -0.05) is 81.4 Å². The number of Topliss-reactive ketones (excluding diaryl/α,β-unsaturated/α-hetero) is 1. The molecule has 0 bridgehead atoms. The SMILES string of the molecule is CCOC(=O)/C(=C\N(C)C)C(=O)CC.CCOC(=O)c1cn(C[C@@H](CC)c2ccccc2)cc(C)c1=O.CCOC(=O)c1cocc(C)c1=O.CC[C@H](Cn1cc(O)c(=O)c(C(=O)O)c1)c1ccccc1. The van der Waals surface area contributed by atoms with Gasteiger partial charge in [0.15, 0.2) is 17.0 Å². The minimum Gasteiger partial charge on any atom is -0.503 e. The van der Waals surface area contributed by atoms with Crippen LogP contribution in [-0.4, -0.2) is 87.8 Å². The standard InChI is InChI=1S/C19H23NO3.C16H17NO4.C10H17NO3.C9H10O4/c1-4-15(16-9-7-6-8-10-16)12-20-11-14(3)18(21)17(13-20)19(22)23-5-2;1-2-11(12-6-4-3-5-7-12)8-17-9-13(16(20)21)15(19)14(18)10-17;1-5-9(12)8(7-11(3)4)10(13)14-6-2;1-3-13-9(11)7-5-12-4-6(2)8(7)10/h6-11,13,15H,4-5,12H2,1-3H3;3-7,9-11,18H,2,8H2,1H3,(H,20,21);7H,5-6H2,1-4H3;4-5H,3H2,1-2H3/b;;8-7-;/t15-;11-;;/m11../s1. The van der Waals surface area contributed by atoms with Gasteiger partial charge in [-0.3, -0.25) is 19.2 Å². The number of hydrogen-bond acceptors (Lipinski definition) is 14. The van der Waals surface area contributed by atoms with Crippen molar-refractivity contribution in [2.24, 2.45) is 0 Å². The number of carboxylic acid groups (broad SMARTS) is 1. The van der Waals surface area contributed by atoms with E-state index in [1.807, 2.05) is 60.0 Å². The Morgan fingerprint density at radius 2 is 1.08 bits per heavy atom. The molecule has 3 aromatic heterocycles. The molecule has 0 aliphatic carbocycles. The summed E-state index contributed by atoms with van der Waals surface area (Å²) in [5, 5.41) is 18.6. The molecular formula is C54H67N3O14. The number of rotatable bonds is 18. The molecular weight excluding hydrogens is 915 g/mol. The lowest BCUT2D eigenvalue weighted by Gasteiger charge is -2.18. The molecule has 2 aromatic carbocycles. The maximum Gasteiger partial charge on any atom is 0.345 e. The summed E-state index contributed by atoms with van der Waals surface area (Å²) >= 11 is 0. The molecule has 0 saturated carbocycles. The van der Waals surface area contributed by atoms with Gasteiger partial charge in [-0.25, -0.2) is 19.2 Å². The van der Waals surface area contributed by atoms with Crippen molar-refractivity contribution < 1.29 is 52.8 Å². The highest BCUT2D eigenvalue weighted by atomic mass is 16.5. The third kappa shape index (κ3) is 18.9. The topological polar surface area (TPSA) is 231 Å². The van der Waals surface area contributed by atoms with Gasteiger partial charge < -0.3 is 42.9 Å². The summed E-state index contributed by atoms with van der Waals surface area (Å²) < 4.78 is 22.7. The maximum atomic E-state index is 12.1. The van der Waals surface area contributed by atoms with E-state index in [0.717, 1.165) is 24.7 Å². The molecule has 17 nitrogen and oxygen atoms in total. The van der Waals surface area contributed by atoms with E-state index in [1.54, 1.807) is 77.5 Å². The highest BCUT2D eigenvalue weighted by molar-refractivity contribution is 6.17. The van der Waals surface area contributed by atoms with Crippen LogP contribution in [0.25, 0.3) is 0 Å². The zero-order chi connectivity index (χ0) is 53.2. The van der Waals surface area contributed by atoms with Gasteiger partial charge in [0.05, 0.1) is 26.1 Å². The number of benzene rings is 2. The van der Waals surface area contributed by atoms with Crippen LogP contribution in [-0.2, 0) is 36.9 Å². The number of esters is 3. The van der Waals surface area contributed by atoms with E-state index in [1.165, 1.54) is 30.4 Å². The first-order valence-corrected chi connectivity index (χ1v) is 23.2. The second-order valence-corrected chi connectivity index (χ2v) is 16.0. The van der Waals surface area contributed by atoms with Crippen molar-refractivity contribution in [1.82, 2.24) is 14.0 Å². The summed E-state index contributed by atoms with van der Waals surface area (Å²) in [7, 11) is 3.50. The molecule has 382 valence electrons. The molecule has 3 heterocycles. The van der Waals surface area contributed by atoms with Crippen molar-refractivity contribution in [1.29, 1.82) is 0 Å². The molecule has 2 atom stereocenters. The second kappa shape index (κ2) is 30.6. The van der Waals surface area contributed by atoms with E-state index in [-0.39, 0.29) is 59.1 Å². The van der Waals surface area contributed by atoms with Crippen molar-refractivity contribution in [3.05, 3.63) is 179 Å². The van der Waals surface area contributed by atoms with Gasteiger partial charge in [0, 0.05) is 87.6 Å². The van der Waals surface area contributed by atoms with E-state index in [0.29, 0.717) is 36.6 Å². The van der Waals surface area contributed by atoms with Crippen molar-refractivity contribution in [3.8, 4) is 5.75 Å². The van der Waals surface area contributed by atoms with Gasteiger partial charge in [0.1, 0.15) is 28.5 Å². The van der Waals surface area contributed by atoms with Gasteiger partial charge in [-0.05, 0) is 58.6 Å². The Labute approximate surface area is 413 Å². The summed E-state index contributed by atoms with van der Waals surface area (Å²) in [5.41, 5.74) is 1.63. The van der Waals surface area contributed by atoms with Crippen LogP contribution in [0, 0.1) is 13.8 Å². The molecule has 0 saturated heterocycles. The summed E-state index contributed by atoms with van der Waals surface area (Å²) in [4.78, 5) is 93.5. The molecule has 17 heteroatoms. The molecule has 2 N–H and O–H groups in total. The van der Waals surface area contributed by atoms with Crippen LogP contribution < -0.4 is 16.3 Å². The normalized spacial score (nSPS) is 11.4. The van der Waals surface area contributed by atoms with Crippen LogP contribution in [0.1, 0.15) is 126 Å². The van der Waals surface area contributed by atoms with E-state index in [4.69, 9.17) is 19.0 Å². The van der Waals surface area contributed by atoms with Gasteiger partial charge >= 0.3 is 23.9 Å². The Morgan fingerprint density at radius 3 is 1.54 bits per heavy atom. The van der Waals surface area contributed by atoms with Gasteiger partial charge in [0.2, 0.25) is 10.9 Å². The summed E-state index contributed by atoms with van der Waals surface area (Å²) in [6, 6.07) is 20.1. The number of carboxylic acids is 1. The number of pyridine rings is 2. The average Bonchev–Trinajstić information content (AvgIpc) is 3.35. The molecule has 5 aromatic rings. The van der Waals surface area contributed by atoms with Crippen molar-refractivity contribution in [3.63, 3.8) is 0 Å². The highest BCUT2D eigenvalue weighted by Gasteiger charge is 2.20. The Kier molecular flexibility index (Phi) is 25.6. The molecule has 5 rings (SSSR count). The third-order valence-electron chi connectivity index (χ3n) is 10.5. The smallest absolute Gasteiger partial charge is 0.345 e. The molecule has 0 aliphatic heterocycles. The number of aromatic carboxylic acids is 1. The van der Waals surface area contributed by atoms with Crippen LogP contribution in [0.5, 0.6) is 5.75 Å².